The van der Waals surface area contributed by atoms with Crippen molar-refractivity contribution in [3.63, 3.8) is 0 Å². The fourth-order valence-corrected chi connectivity index (χ4v) is 1.55. The highest BCUT2D eigenvalue weighted by atomic mass is 16.5. The number of pyridine rings is 1. The molecular formula is C11H14N2O2. The van der Waals surface area contributed by atoms with Crippen molar-refractivity contribution in [3.05, 3.63) is 16.7 Å². The Kier molecular flexibility index (Phi) is 3.51. The first-order valence-corrected chi connectivity index (χ1v) is 4.71. The Morgan fingerprint density at radius 1 is 1.27 bits per heavy atom. The van der Waals surface area contributed by atoms with Gasteiger partial charge in [-0.25, -0.2) is 0 Å². The second-order valence-corrected chi connectivity index (χ2v) is 3.07. The molecule has 0 saturated carbocycles. The van der Waals surface area contributed by atoms with Crippen LogP contribution in [-0.4, -0.2) is 19.2 Å². The molecule has 0 amide bonds. The molecule has 4 nitrogen and oxygen atoms in total. The maximum Gasteiger partial charge on any atom is 0.235 e. The molecule has 1 rings (SSSR count). The van der Waals surface area contributed by atoms with Gasteiger partial charge in [-0.1, -0.05) is 6.92 Å². The summed E-state index contributed by atoms with van der Waals surface area (Å²) in [6, 6.07) is 2.10. The minimum absolute atomic E-state index is 0.323. The number of aromatic nitrogens is 1. The Morgan fingerprint density at radius 2 is 1.87 bits per heavy atom. The van der Waals surface area contributed by atoms with Gasteiger partial charge in [-0.3, -0.25) is 0 Å². The summed E-state index contributed by atoms with van der Waals surface area (Å²) in [5.41, 5.74) is 2.31. The highest BCUT2D eigenvalue weighted by Crippen LogP contribution is 2.29. The molecule has 1 aromatic rings. The lowest BCUT2D eigenvalue weighted by atomic mass is 10.0. The summed E-state index contributed by atoms with van der Waals surface area (Å²) >= 11 is 0. The number of hydrogen-bond donors (Lipinski definition) is 0. The standard InChI is InChI=1S/C11H14N2O2/c1-5-8-7(2)9(6-12)11(15-4)13-10(8)14-3/h5H2,1-4H3. The van der Waals surface area contributed by atoms with E-state index in [1.165, 1.54) is 7.11 Å². The van der Waals surface area contributed by atoms with Crippen LogP contribution in [0, 0.1) is 18.3 Å². The Balaban J connectivity index is 3.50. The molecule has 0 saturated heterocycles. The van der Waals surface area contributed by atoms with Gasteiger partial charge in [-0.15, -0.1) is 0 Å². The van der Waals surface area contributed by atoms with E-state index >= 15 is 0 Å². The molecule has 4 heteroatoms. The normalized spacial score (nSPS) is 9.53. The van der Waals surface area contributed by atoms with Crippen molar-refractivity contribution in [3.8, 4) is 17.8 Å². The summed E-state index contributed by atoms with van der Waals surface area (Å²) in [6.45, 7) is 3.88. The molecule has 0 aliphatic rings. The van der Waals surface area contributed by atoms with Crippen LogP contribution in [0.3, 0.4) is 0 Å². The molecular weight excluding hydrogens is 192 g/mol. The van der Waals surface area contributed by atoms with Gasteiger partial charge in [-0.05, 0) is 18.9 Å². The van der Waals surface area contributed by atoms with E-state index in [-0.39, 0.29) is 0 Å². The lowest BCUT2D eigenvalue weighted by Crippen LogP contribution is -2.03. The zero-order chi connectivity index (χ0) is 11.4. The van der Waals surface area contributed by atoms with Crippen LogP contribution >= 0.6 is 0 Å². The van der Waals surface area contributed by atoms with E-state index in [1.54, 1.807) is 7.11 Å². The third kappa shape index (κ3) is 1.86. The van der Waals surface area contributed by atoms with Crippen molar-refractivity contribution in [2.24, 2.45) is 0 Å². The van der Waals surface area contributed by atoms with E-state index in [1.807, 2.05) is 13.8 Å². The first-order valence-electron chi connectivity index (χ1n) is 4.71. The summed E-state index contributed by atoms with van der Waals surface area (Å²) < 4.78 is 10.2. The van der Waals surface area contributed by atoms with Crippen LogP contribution in [-0.2, 0) is 6.42 Å². The summed E-state index contributed by atoms with van der Waals surface area (Å²) in [5, 5.41) is 9.00. The molecule has 0 aromatic carbocycles. The van der Waals surface area contributed by atoms with Crippen molar-refractivity contribution in [1.29, 1.82) is 5.26 Å². The Bertz CT molecular complexity index is 408. The van der Waals surface area contributed by atoms with E-state index in [9.17, 15) is 0 Å². The molecule has 0 N–H and O–H groups in total. The maximum atomic E-state index is 9.00. The van der Waals surface area contributed by atoms with Crippen molar-refractivity contribution in [2.75, 3.05) is 14.2 Å². The molecule has 80 valence electrons. The molecule has 0 spiro atoms. The third-order valence-electron chi connectivity index (χ3n) is 2.35. The second-order valence-electron chi connectivity index (χ2n) is 3.07. The van der Waals surface area contributed by atoms with Gasteiger partial charge in [-0.2, -0.15) is 10.2 Å². The lowest BCUT2D eigenvalue weighted by Gasteiger charge is -2.12. The minimum atomic E-state index is 0.323. The number of methoxy groups -OCH3 is 2. The molecule has 0 atom stereocenters. The van der Waals surface area contributed by atoms with E-state index < -0.39 is 0 Å². The molecule has 1 aromatic heterocycles. The number of nitriles is 1. The van der Waals surface area contributed by atoms with Crippen LogP contribution in [0.4, 0.5) is 0 Å². The quantitative estimate of drug-likeness (QED) is 0.757. The van der Waals surface area contributed by atoms with Gasteiger partial charge in [0.05, 0.1) is 14.2 Å². The fraction of sp³-hybridized carbons (Fsp3) is 0.455. The van der Waals surface area contributed by atoms with Gasteiger partial charge < -0.3 is 9.47 Å². The highest BCUT2D eigenvalue weighted by molar-refractivity contribution is 5.51. The summed E-state index contributed by atoms with van der Waals surface area (Å²) in [5.74, 6) is 0.856. The number of ether oxygens (including phenoxy) is 2. The number of hydrogen-bond acceptors (Lipinski definition) is 4. The topological polar surface area (TPSA) is 55.1 Å². The van der Waals surface area contributed by atoms with Gasteiger partial charge in [0.1, 0.15) is 11.6 Å². The average molecular weight is 206 g/mol. The van der Waals surface area contributed by atoms with Gasteiger partial charge in [0, 0.05) is 5.56 Å². The molecule has 0 radical (unpaired) electrons. The van der Waals surface area contributed by atoms with Gasteiger partial charge >= 0.3 is 0 Å². The molecule has 1 heterocycles. The van der Waals surface area contributed by atoms with E-state index in [2.05, 4.69) is 11.1 Å². The van der Waals surface area contributed by atoms with Crippen LogP contribution in [0.1, 0.15) is 23.6 Å². The van der Waals surface area contributed by atoms with Gasteiger partial charge in [0.2, 0.25) is 11.8 Å². The molecule has 0 unspecified atom stereocenters. The Labute approximate surface area is 89.5 Å². The monoisotopic (exact) mass is 206 g/mol. The van der Waals surface area contributed by atoms with Gasteiger partial charge in [0.15, 0.2) is 0 Å². The van der Waals surface area contributed by atoms with Crippen LogP contribution in [0.15, 0.2) is 0 Å². The second kappa shape index (κ2) is 4.65. The third-order valence-corrected chi connectivity index (χ3v) is 2.35. The van der Waals surface area contributed by atoms with E-state index in [0.717, 1.165) is 17.5 Å². The fourth-order valence-electron chi connectivity index (χ4n) is 1.55. The molecule has 0 fully saturated rings. The zero-order valence-corrected chi connectivity index (χ0v) is 9.42. The number of rotatable bonds is 3. The molecule has 15 heavy (non-hydrogen) atoms. The largest absolute Gasteiger partial charge is 0.481 e. The van der Waals surface area contributed by atoms with Crippen LogP contribution < -0.4 is 9.47 Å². The Hall–Kier alpha value is -1.76. The number of nitrogens with zero attached hydrogens (tertiary/aromatic N) is 2. The summed E-state index contributed by atoms with van der Waals surface area (Å²) in [4.78, 5) is 4.15. The summed E-state index contributed by atoms with van der Waals surface area (Å²) in [6.07, 6.45) is 0.778. The Morgan fingerprint density at radius 3 is 2.27 bits per heavy atom. The SMILES string of the molecule is CCc1c(OC)nc(OC)c(C#N)c1C. The van der Waals surface area contributed by atoms with Crippen LogP contribution in [0.5, 0.6) is 11.8 Å². The predicted molar refractivity (Wildman–Crippen MR) is 56.2 cm³/mol. The smallest absolute Gasteiger partial charge is 0.235 e. The van der Waals surface area contributed by atoms with Crippen LogP contribution in [0.25, 0.3) is 0 Å². The maximum absolute atomic E-state index is 9.00. The first-order chi connectivity index (χ1) is 7.19. The van der Waals surface area contributed by atoms with Crippen molar-refractivity contribution < 1.29 is 9.47 Å². The molecule has 0 bridgehead atoms. The lowest BCUT2D eigenvalue weighted by molar-refractivity contribution is 0.360. The average Bonchev–Trinajstić information content (AvgIpc) is 2.27. The highest BCUT2D eigenvalue weighted by Gasteiger charge is 2.16. The van der Waals surface area contributed by atoms with E-state index in [0.29, 0.717) is 17.3 Å². The zero-order valence-electron chi connectivity index (χ0n) is 9.42. The molecule has 0 aliphatic carbocycles. The first kappa shape index (κ1) is 11.3. The molecule has 0 aliphatic heterocycles. The van der Waals surface area contributed by atoms with Crippen molar-refractivity contribution in [2.45, 2.75) is 20.3 Å². The van der Waals surface area contributed by atoms with Gasteiger partial charge in [0.25, 0.3) is 0 Å². The van der Waals surface area contributed by atoms with Crippen LogP contribution in [0.2, 0.25) is 0 Å². The van der Waals surface area contributed by atoms with E-state index in [4.69, 9.17) is 14.7 Å². The van der Waals surface area contributed by atoms with Crippen molar-refractivity contribution >= 4 is 0 Å². The summed E-state index contributed by atoms with van der Waals surface area (Å²) in [7, 11) is 3.06. The predicted octanol–water partition coefficient (Wildman–Crippen LogP) is 1.84. The minimum Gasteiger partial charge on any atom is -0.481 e. The van der Waals surface area contributed by atoms with Crippen molar-refractivity contribution in [1.82, 2.24) is 4.98 Å².